The number of nitrogens with one attached hydrogen (secondary N) is 1. The molecule has 0 unspecified atom stereocenters. The molecular formula is C124H124BrN2NaO2. The Morgan fingerprint density at radius 2 is 0.546 bits per heavy atom. The molecule has 0 saturated heterocycles. The van der Waals surface area contributed by atoms with Gasteiger partial charge >= 0.3 is 29.6 Å². The van der Waals surface area contributed by atoms with Gasteiger partial charge in [-0.15, -0.1) is 5.60 Å². The maximum atomic E-state index is 10.1. The van der Waals surface area contributed by atoms with Gasteiger partial charge < -0.3 is 20.1 Å². The Kier molecular flexibility index (Phi) is 23.0. The molecule has 0 bridgehead atoms. The van der Waals surface area contributed by atoms with Gasteiger partial charge in [0.2, 0.25) is 0 Å². The largest absolute Gasteiger partial charge is 1.00 e. The zero-order valence-electron chi connectivity index (χ0n) is 81.6. The summed E-state index contributed by atoms with van der Waals surface area (Å²) in [7, 11) is 0. The van der Waals surface area contributed by atoms with Crippen LogP contribution in [0.4, 0.5) is 28.4 Å². The summed E-state index contributed by atoms with van der Waals surface area (Å²) in [5.74, 6) is 0.982. The first-order valence-electron chi connectivity index (χ1n) is 46.3. The second-order valence-electron chi connectivity index (χ2n) is 42.8. The Bertz CT molecular complexity index is 7220. The zero-order valence-corrected chi connectivity index (χ0v) is 85.2. The number of hydrogen-bond donors (Lipinski definition) is 1. The summed E-state index contributed by atoms with van der Waals surface area (Å²) in [5.41, 5.74) is 48.9. The van der Waals surface area contributed by atoms with Gasteiger partial charge in [0.25, 0.3) is 0 Å². The molecule has 4 nitrogen and oxygen atoms in total. The van der Waals surface area contributed by atoms with Crippen LogP contribution in [0.3, 0.4) is 0 Å². The monoisotopic (exact) mass is 1770 g/mol. The first-order chi connectivity index (χ1) is 60.9. The number of nitrogens with zero attached hydrogens (tertiary/aromatic N) is 1. The number of rotatable bonds is 6. The smallest absolute Gasteiger partial charge is 0.850 e. The average Bonchev–Trinajstić information content (AvgIpc) is 1.54. The molecule has 16 aromatic carbocycles. The Morgan fingerprint density at radius 3 is 0.908 bits per heavy atom. The minimum atomic E-state index is -0.750. The average molecular weight is 1780 g/mol. The topological polar surface area (TPSA) is 47.6 Å². The molecule has 0 spiro atoms. The number of fused-ring (bicyclic) bond motifs is 24. The van der Waals surface area contributed by atoms with Gasteiger partial charge in [-0.2, -0.15) is 0 Å². The Morgan fingerprint density at radius 1 is 0.269 bits per heavy atom. The van der Waals surface area contributed by atoms with Gasteiger partial charge in [-0.05, 0) is 332 Å². The predicted molar refractivity (Wildman–Crippen MR) is 554 cm³/mol. The number of anilines is 5. The second kappa shape index (κ2) is 32.9. The van der Waals surface area contributed by atoms with Gasteiger partial charge in [0.1, 0.15) is 11.4 Å². The minimum absolute atomic E-state index is 0. The van der Waals surface area contributed by atoms with Crippen molar-refractivity contribution in [3.8, 4) is 72.5 Å². The third-order valence-corrected chi connectivity index (χ3v) is 29.6. The van der Waals surface area contributed by atoms with Crippen LogP contribution in [-0.4, -0.2) is 11.2 Å². The molecule has 1 N–H and O–H groups in total. The van der Waals surface area contributed by atoms with Gasteiger partial charge in [-0.3, -0.25) is 0 Å². The molecule has 6 aliphatic rings. The first kappa shape index (κ1) is 91.1. The van der Waals surface area contributed by atoms with Crippen molar-refractivity contribution in [2.75, 3.05) is 10.2 Å². The summed E-state index contributed by atoms with van der Waals surface area (Å²) in [6.45, 7) is 57.2. The Labute approximate surface area is 804 Å². The van der Waals surface area contributed by atoms with E-state index < -0.39 is 5.60 Å². The van der Waals surface area contributed by atoms with Gasteiger partial charge in [0, 0.05) is 70.5 Å². The minimum Gasteiger partial charge on any atom is -0.850 e. The summed E-state index contributed by atoms with van der Waals surface area (Å²) >= 11 is 3.84. The molecule has 650 valence electrons. The molecule has 0 saturated carbocycles. The molecular weight excluding hydrogens is 1650 g/mol. The predicted octanol–water partition coefficient (Wildman–Crippen LogP) is 30.8. The van der Waals surface area contributed by atoms with E-state index in [1.54, 1.807) is 20.8 Å². The van der Waals surface area contributed by atoms with E-state index >= 15 is 0 Å². The van der Waals surface area contributed by atoms with Gasteiger partial charge in [-0.25, -0.2) is 0 Å². The summed E-state index contributed by atoms with van der Waals surface area (Å²) in [6.07, 6.45) is 0. The molecule has 0 aliphatic heterocycles. The summed E-state index contributed by atoms with van der Waals surface area (Å²) < 4.78 is 7.68. The van der Waals surface area contributed by atoms with E-state index in [-0.39, 0.29) is 67.6 Å². The molecule has 0 radical (unpaired) electrons. The van der Waals surface area contributed by atoms with Crippen LogP contribution in [0, 0.1) is 55.4 Å². The van der Waals surface area contributed by atoms with Crippen molar-refractivity contribution in [1.82, 2.24) is 0 Å². The van der Waals surface area contributed by atoms with Crippen molar-refractivity contribution >= 4 is 76.7 Å². The van der Waals surface area contributed by atoms with Gasteiger partial charge in [0.15, 0.2) is 0 Å². The van der Waals surface area contributed by atoms with E-state index in [0.717, 1.165) is 5.75 Å². The molecule has 0 aromatic heterocycles. The molecule has 6 heteroatoms. The molecule has 0 fully saturated rings. The third kappa shape index (κ3) is 15.4. The second-order valence-corrected chi connectivity index (χ2v) is 43.6. The molecule has 130 heavy (non-hydrogen) atoms. The van der Waals surface area contributed by atoms with Crippen molar-refractivity contribution in [3.05, 3.63) is 389 Å². The first-order valence-corrected chi connectivity index (χ1v) is 47.1. The maximum Gasteiger partial charge on any atom is 1.00 e. The quantitative estimate of drug-likeness (QED) is 0.169. The number of halogens is 1. The van der Waals surface area contributed by atoms with Crippen LogP contribution >= 0.6 is 15.9 Å². The van der Waals surface area contributed by atoms with Crippen LogP contribution in [0.2, 0.25) is 0 Å². The van der Waals surface area contributed by atoms with Crippen LogP contribution in [0.25, 0.3) is 99.1 Å². The summed E-state index contributed by atoms with van der Waals surface area (Å²) in [4.78, 5) is 2.52. The van der Waals surface area contributed by atoms with E-state index in [2.05, 4.69) is 458 Å². The van der Waals surface area contributed by atoms with Gasteiger partial charge in [0.05, 0.1) is 5.69 Å². The van der Waals surface area contributed by atoms with E-state index in [1.165, 1.54) is 243 Å². The van der Waals surface area contributed by atoms with Gasteiger partial charge in [-0.1, -0.05) is 336 Å². The van der Waals surface area contributed by atoms with Crippen LogP contribution < -0.4 is 49.6 Å². The van der Waals surface area contributed by atoms with Crippen molar-refractivity contribution in [1.29, 1.82) is 0 Å². The molecule has 6 aliphatic carbocycles. The fraction of sp³-hybridized carbons (Fsp3) is 0.274. The normalized spacial score (nSPS) is 15.1. The van der Waals surface area contributed by atoms with Crippen molar-refractivity contribution in [2.24, 2.45) is 0 Å². The standard InChI is InChI=1S/C44H41N.C32H32O.C28H23Br.C16H19N.C4H9O.Na/c1-26-17-19-39(28(3)21-26)45(40-20-18-27(2)22-29(40)4)41-25-38-42(32-15-10-9-14-31(32)41)34-24-36-33(23-37(34)44(38,7)8)30-13-11-12-16-35(30)43(36,5)6;1-30(2,3)33-28-18-27-29(21-14-9-8-13-20(21)28)23-17-25-22(16-26(23)32(27,6)7)19-12-10-11-15-24(19)31(25,4)5;1-27(2)21-12-8-7-9-16(21)19-13-23-20(14-22(19)27)26-18-11-6-5-10-17(18)25(29)15-24(26)28(23,3)4;1-11-5-7-15(13(3)9-11)17-16-8-6-12(2)10-14(16)4;1-4(2,3)5;/h9-25H,1-8H3;8-18H,1-7H3;5-15H,1-4H3;5-10,17H,1-4H3;1-3H3;/q;;;;-1;+1. The van der Waals surface area contributed by atoms with E-state index in [0.29, 0.717) is 0 Å². The fourth-order valence-corrected chi connectivity index (χ4v) is 23.0. The zero-order chi connectivity index (χ0) is 91.8. The van der Waals surface area contributed by atoms with Crippen molar-refractivity contribution < 1.29 is 39.4 Å². The fourth-order valence-electron chi connectivity index (χ4n) is 22.4. The summed E-state index contributed by atoms with van der Waals surface area (Å²) in [5, 5.41) is 21.3. The number of ether oxygens (including phenoxy) is 1. The molecule has 0 heterocycles. The van der Waals surface area contributed by atoms with Crippen molar-refractivity contribution in [2.45, 2.75) is 224 Å². The van der Waals surface area contributed by atoms with E-state index in [4.69, 9.17) is 4.74 Å². The maximum absolute atomic E-state index is 10.1. The molecule has 22 rings (SSSR count). The number of aryl methyl sites for hydroxylation is 8. The Hall–Kier alpha value is -10.9. The third-order valence-electron chi connectivity index (χ3n) is 28.9. The van der Waals surface area contributed by atoms with E-state index in [9.17, 15) is 5.11 Å². The van der Waals surface area contributed by atoms with Crippen LogP contribution in [0.15, 0.2) is 277 Å². The molecule has 0 atom stereocenters. The number of hydrogen-bond acceptors (Lipinski definition) is 4. The SMILES string of the molecule is CC(C)(C)Oc1cc2c(c3ccccc13)-c1cc3c(cc1C2(C)C)-c1ccccc1C3(C)C.CC(C)(C)[O-].CC1(C)c2ccccc2-c2cc3c(cc21)-c1c(cc(Br)c2ccccc12)C3(C)C.Cc1ccc(N(c2ccc(C)cc2C)c2cc3c(c4ccccc24)-c2cc4c(cc2C3(C)C)-c2ccccc2C4(C)C)c(C)c1.Cc1ccc(Nc2ccc(C)cc2C)c(C)c1.[Na+]. The number of benzene rings is 16. The van der Waals surface area contributed by atoms with Crippen molar-refractivity contribution in [3.63, 3.8) is 0 Å². The van der Waals surface area contributed by atoms with Crippen LogP contribution in [0.1, 0.15) is 236 Å². The van der Waals surface area contributed by atoms with E-state index in [1.807, 2.05) is 0 Å². The molecule has 16 aromatic rings. The van der Waals surface area contributed by atoms with Crippen LogP contribution in [0.5, 0.6) is 5.75 Å². The summed E-state index contributed by atoms with van der Waals surface area (Å²) in [6, 6.07) is 102. The molecule has 0 amide bonds. The van der Waals surface area contributed by atoms with Crippen LogP contribution in [-0.2, 0) is 32.5 Å². The Balaban J connectivity index is 0.000000124.